The molecule has 2 aromatic carbocycles. The fourth-order valence-electron chi connectivity index (χ4n) is 3.96. The summed E-state index contributed by atoms with van der Waals surface area (Å²) in [4.78, 5) is 42.2. The van der Waals surface area contributed by atoms with Gasteiger partial charge in [-0.15, -0.1) is 0 Å². The van der Waals surface area contributed by atoms with E-state index >= 15 is 0 Å². The summed E-state index contributed by atoms with van der Waals surface area (Å²) < 4.78 is 2.11. The zero-order valence-corrected chi connectivity index (χ0v) is 17.7. The third kappa shape index (κ3) is 3.46. The number of barbiturate groups is 1. The first-order valence-corrected chi connectivity index (χ1v) is 10.2. The van der Waals surface area contributed by atoms with Crippen LogP contribution >= 0.6 is 0 Å². The smallest absolute Gasteiger partial charge is 0.343 e. The first kappa shape index (κ1) is 20.3. The number of rotatable bonds is 4. The molecular formula is C25H23N3O3. The summed E-state index contributed by atoms with van der Waals surface area (Å²) in [5.74, 6) is -1.26. The number of imide groups is 2. The van der Waals surface area contributed by atoms with Crippen molar-refractivity contribution < 1.29 is 14.4 Å². The molecule has 0 atom stereocenters. The molecule has 0 spiro atoms. The van der Waals surface area contributed by atoms with Crippen LogP contribution in [0, 0.1) is 13.8 Å². The lowest BCUT2D eigenvalue weighted by Crippen LogP contribution is -2.57. The summed E-state index contributed by atoms with van der Waals surface area (Å²) >= 11 is 0. The van der Waals surface area contributed by atoms with E-state index in [1.165, 1.54) is 0 Å². The van der Waals surface area contributed by atoms with Crippen LogP contribution in [-0.4, -0.2) is 22.4 Å². The van der Waals surface area contributed by atoms with Crippen LogP contribution < -0.4 is 9.80 Å². The molecule has 0 N–H and O–H groups in total. The number of benzene rings is 2. The molecule has 6 heteroatoms. The van der Waals surface area contributed by atoms with Gasteiger partial charge in [-0.1, -0.05) is 36.4 Å². The molecule has 4 rings (SSSR count). The molecule has 2 heterocycles. The molecule has 6 nitrogen and oxygen atoms in total. The monoisotopic (exact) mass is 413 g/mol. The maximum absolute atomic E-state index is 13.4. The molecule has 0 saturated carbocycles. The van der Waals surface area contributed by atoms with Gasteiger partial charge in [0, 0.05) is 17.9 Å². The number of nitrogens with zero attached hydrogens (tertiary/aromatic N) is 3. The Labute approximate surface area is 181 Å². The molecule has 0 unspecified atom stereocenters. The van der Waals surface area contributed by atoms with Gasteiger partial charge in [0.15, 0.2) is 0 Å². The zero-order chi connectivity index (χ0) is 22.1. The normalized spacial score (nSPS) is 14.4. The number of urea groups is 1. The van der Waals surface area contributed by atoms with Crippen molar-refractivity contribution in [2.45, 2.75) is 27.3 Å². The van der Waals surface area contributed by atoms with Crippen molar-refractivity contribution >= 4 is 35.3 Å². The quantitative estimate of drug-likeness (QED) is 0.460. The highest BCUT2D eigenvalue weighted by Crippen LogP contribution is 2.30. The van der Waals surface area contributed by atoms with Gasteiger partial charge in [-0.2, -0.15) is 0 Å². The van der Waals surface area contributed by atoms with E-state index in [-0.39, 0.29) is 5.57 Å². The Morgan fingerprint density at radius 2 is 1.26 bits per heavy atom. The fraction of sp³-hybridized carbons (Fsp3) is 0.160. The van der Waals surface area contributed by atoms with Gasteiger partial charge in [0.2, 0.25) is 0 Å². The molecule has 0 bridgehead atoms. The van der Waals surface area contributed by atoms with Crippen LogP contribution in [0.1, 0.15) is 23.9 Å². The maximum Gasteiger partial charge on any atom is 0.343 e. The van der Waals surface area contributed by atoms with E-state index in [1.807, 2.05) is 26.8 Å². The molecule has 1 aliphatic heterocycles. The highest BCUT2D eigenvalue weighted by Gasteiger charge is 2.43. The largest absolute Gasteiger partial charge is 0.349 e. The van der Waals surface area contributed by atoms with E-state index in [0.29, 0.717) is 11.4 Å². The molecule has 1 saturated heterocycles. The molecule has 31 heavy (non-hydrogen) atoms. The van der Waals surface area contributed by atoms with E-state index in [9.17, 15) is 14.4 Å². The predicted molar refractivity (Wildman–Crippen MR) is 121 cm³/mol. The minimum atomic E-state index is -0.691. The Morgan fingerprint density at radius 3 is 1.68 bits per heavy atom. The summed E-state index contributed by atoms with van der Waals surface area (Å²) in [5.41, 5.74) is 3.56. The number of aromatic nitrogens is 1. The molecule has 3 aromatic rings. The number of para-hydroxylation sites is 2. The van der Waals surface area contributed by atoms with Crippen LogP contribution in [0.3, 0.4) is 0 Å². The topological polar surface area (TPSA) is 62.6 Å². The van der Waals surface area contributed by atoms with Crippen LogP contribution in [0.15, 0.2) is 72.3 Å². The minimum absolute atomic E-state index is 0.0522. The Hall–Kier alpha value is -3.93. The number of carbonyl (C=O) groups is 3. The summed E-state index contributed by atoms with van der Waals surface area (Å²) in [7, 11) is 0. The van der Waals surface area contributed by atoms with Gasteiger partial charge in [0.25, 0.3) is 11.8 Å². The van der Waals surface area contributed by atoms with Crippen molar-refractivity contribution in [3.63, 3.8) is 0 Å². The van der Waals surface area contributed by atoms with Crippen molar-refractivity contribution in [2.24, 2.45) is 0 Å². The van der Waals surface area contributed by atoms with Crippen molar-refractivity contribution in [2.75, 3.05) is 9.80 Å². The Kier molecular flexibility index (Phi) is 5.29. The molecule has 0 aliphatic carbocycles. The second-order valence-corrected chi connectivity index (χ2v) is 7.36. The number of anilines is 2. The van der Waals surface area contributed by atoms with Gasteiger partial charge in [0.1, 0.15) is 5.57 Å². The molecule has 156 valence electrons. The molecule has 1 aliphatic rings. The number of carbonyl (C=O) groups excluding carboxylic acids is 3. The number of hydrogen-bond donors (Lipinski definition) is 0. The summed E-state index contributed by atoms with van der Waals surface area (Å²) in [6.07, 6.45) is 1.59. The van der Waals surface area contributed by atoms with Crippen LogP contribution in [0.25, 0.3) is 6.08 Å². The van der Waals surface area contributed by atoms with Gasteiger partial charge < -0.3 is 4.57 Å². The Balaban J connectivity index is 1.89. The first-order valence-electron chi connectivity index (χ1n) is 10.2. The third-order valence-electron chi connectivity index (χ3n) is 5.51. The van der Waals surface area contributed by atoms with Gasteiger partial charge >= 0.3 is 6.03 Å². The van der Waals surface area contributed by atoms with Gasteiger partial charge in [-0.3, -0.25) is 9.59 Å². The third-order valence-corrected chi connectivity index (χ3v) is 5.51. The Bertz CT molecular complexity index is 1130. The van der Waals surface area contributed by atoms with Crippen molar-refractivity contribution in [1.82, 2.24) is 4.57 Å². The fourth-order valence-corrected chi connectivity index (χ4v) is 3.96. The second-order valence-electron chi connectivity index (χ2n) is 7.36. The minimum Gasteiger partial charge on any atom is -0.349 e. The highest BCUT2D eigenvalue weighted by molar-refractivity contribution is 6.46. The molecule has 1 aromatic heterocycles. The van der Waals surface area contributed by atoms with Crippen molar-refractivity contribution in [3.05, 3.63) is 89.3 Å². The van der Waals surface area contributed by atoms with E-state index in [2.05, 4.69) is 4.57 Å². The van der Waals surface area contributed by atoms with Gasteiger partial charge in [-0.25, -0.2) is 14.6 Å². The van der Waals surface area contributed by atoms with Crippen LogP contribution in [-0.2, 0) is 16.1 Å². The molecular weight excluding hydrogens is 390 g/mol. The van der Waals surface area contributed by atoms with Gasteiger partial charge in [0.05, 0.1) is 11.4 Å². The standard InChI is InChI=1S/C25H23N3O3/c1-4-26-17(2)15-19(18(26)3)16-22-23(29)27(20-11-7-5-8-12-20)25(31)28(24(22)30)21-13-9-6-10-14-21/h5-16H,4H2,1-3H3. The van der Waals surface area contributed by atoms with Crippen LogP contribution in [0.5, 0.6) is 0 Å². The first-order chi connectivity index (χ1) is 14.9. The summed E-state index contributed by atoms with van der Waals surface area (Å²) in [5, 5.41) is 0. The van der Waals surface area contributed by atoms with Crippen LogP contribution in [0.2, 0.25) is 0 Å². The van der Waals surface area contributed by atoms with Gasteiger partial charge in [-0.05, 0) is 62.7 Å². The summed E-state index contributed by atoms with van der Waals surface area (Å²) in [6.45, 7) is 6.77. The summed E-state index contributed by atoms with van der Waals surface area (Å²) in [6, 6.07) is 18.6. The molecule has 1 fully saturated rings. The number of hydrogen-bond acceptors (Lipinski definition) is 3. The highest BCUT2D eigenvalue weighted by atomic mass is 16.2. The van der Waals surface area contributed by atoms with Crippen LogP contribution in [0.4, 0.5) is 16.2 Å². The number of aryl methyl sites for hydroxylation is 1. The second kappa shape index (κ2) is 8.07. The van der Waals surface area contributed by atoms with Crippen molar-refractivity contribution in [3.8, 4) is 0 Å². The average Bonchev–Trinajstić information content (AvgIpc) is 3.05. The zero-order valence-electron chi connectivity index (χ0n) is 17.7. The van der Waals surface area contributed by atoms with E-state index < -0.39 is 17.8 Å². The SMILES string of the molecule is CCn1c(C)cc(C=C2C(=O)N(c3ccccc3)C(=O)N(c3ccccc3)C2=O)c1C. The van der Waals surface area contributed by atoms with E-state index in [0.717, 1.165) is 33.3 Å². The lowest BCUT2D eigenvalue weighted by molar-refractivity contribution is -0.121. The lowest BCUT2D eigenvalue weighted by Gasteiger charge is -2.33. The average molecular weight is 413 g/mol. The molecule has 4 amide bonds. The number of amides is 4. The maximum atomic E-state index is 13.4. The predicted octanol–water partition coefficient (Wildman–Crippen LogP) is 4.71. The van der Waals surface area contributed by atoms with E-state index in [4.69, 9.17) is 0 Å². The molecule has 0 radical (unpaired) electrons. The lowest BCUT2D eigenvalue weighted by atomic mass is 10.0. The van der Waals surface area contributed by atoms with E-state index in [1.54, 1.807) is 66.7 Å². The van der Waals surface area contributed by atoms with Crippen molar-refractivity contribution in [1.29, 1.82) is 0 Å². The Morgan fingerprint density at radius 1 is 0.774 bits per heavy atom.